The number of para-hydroxylation sites is 1. The molecule has 1 atom stereocenters. The normalized spacial score (nSPS) is 25.6. The molecule has 0 spiro atoms. The van der Waals surface area contributed by atoms with E-state index in [0.29, 0.717) is 31.3 Å². The summed E-state index contributed by atoms with van der Waals surface area (Å²) in [6.45, 7) is 1.41. The van der Waals surface area contributed by atoms with Gasteiger partial charge < -0.3 is 15.4 Å². The maximum Gasteiger partial charge on any atom is 0.391 e. The first kappa shape index (κ1) is 22.1. The minimum atomic E-state index is -4.07. The van der Waals surface area contributed by atoms with Crippen molar-refractivity contribution in [3.8, 4) is 5.75 Å². The molecule has 1 aliphatic carbocycles. The minimum Gasteiger partial charge on any atom is -0.493 e. The van der Waals surface area contributed by atoms with Gasteiger partial charge in [0.15, 0.2) is 5.96 Å². The van der Waals surface area contributed by atoms with Gasteiger partial charge in [-0.15, -0.1) is 24.0 Å². The van der Waals surface area contributed by atoms with E-state index in [1.165, 1.54) is 5.56 Å². The minimum absolute atomic E-state index is 0. The van der Waals surface area contributed by atoms with Crippen molar-refractivity contribution in [2.24, 2.45) is 10.9 Å². The van der Waals surface area contributed by atoms with Crippen molar-refractivity contribution < 1.29 is 17.9 Å². The van der Waals surface area contributed by atoms with Gasteiger partial charge in [-0.25, -0.2) is 0 Å². The molecule has 27 heavy (non-hydrogen) atoms. The Kier molecular flexibility index (Phi) is 8.05. The molecule has 1 fully saturated rings. The summed E-state index contributed by atoms with van der Waals surface area (Å²) in [5, 5.41) is 6.61. The number of nitrogens with zero attached hydrogens (tertiary/aromatic N) is 1. The molecule has 0 bridgehead atoms. The van der Waals surface area contributed by atoms with E-state index in [9.17, 15) is 13.2 Å². The molecule has 2 N–H and O–H groups in total. The van der Waals surface area contributed by atoms with Crippen LogP contribution in [0.4, 0.5) is 13.2 Å². The first-order valence-electron chi connectivity index (χ1n) is 9.23. The van der Waals surface area contributed by atoms with E-state index >= 15 is 0 Å². The predicted octanol–water partition coefficient (Wildman–Crippen LogP) is 4.46. The molecule has 0 amide bonds. The van der Waals surface area contributed by atoms with E-state index in [2.05, 4.69) is 21.7 Å². The molecule has 1 heterocycles. The Bertz CT molecular complexity index is 631. The summed E-state index contributed by atoms with van der Waals surface area (Å²) in [7, 11) is 1.69. The second-order valence-corrected chi connectivity index (χ2v) is 7.06. The molecule has 1 saturated carbocycles. The van der Waals surface area contributed by atoms with Crippen LogP contribution in [0.2, 0.25) is 0 Å². The fraction of sp³-hybridized carbons (Fsp3) is 0.632. The molecule has 1 aromatic rings. The standard InChI is InChI=1S/C19H26F3N3O.HI/c1-23-18(25-15-8-6-14(7-9-15)19(20,21)22)24-12-13-10-11-26-17-5-3-2-4-16(13)17;/h2-5,13-15H,6-12H2,1H3,(H2,23,24,25);1H. The van der Waals surface area contributed by atoms with Crippen molar-refractivity contribution in [1.29, 1.82) is 0 Å². The topological polar surface area (TPSA) is 45.7 Å². The second kappa shape index (κ2) is 9.84. The third-order valence-corrected chi connectivity index (χ3v) is 5.35. The molecule has 2 aliphatic rings. The van der Waals surface area contributed by atoms with Crippen LogP contribution in [0.1, 0.15) is 43.6 Å². The van der Waals surface area contributed by atoms with Crippen LogP contribution in [0.3, 0.4) is 0 Å². The molecule has 0 radical (unpaired) electrons. The van der Waals surface area contributed by atoms with Crippen LogP contribution in [-0.4, -0.2) is 38.4 Å². The summed E-state index contributed by atoms with van der Waals surface area (Å²) >= 11 is 0. The van der Waals surface area contributed by atoms with Gasteiger partial charge in [0.1, 0.15) is 5.75 Å². The number of fused-ring (bicyclic) bond motifs is 1. The molecule has 152 valence electrons. The molecular weight excluding hydrogens is 470 g/mol. The largest absolute Gasteiger partial charge is 0.493 e. The molecule has 0 saturated heterocycles. The number of hydrogen-bond acceptors (Lipinski definition) is 2. The van der Waals surface area contributed by atoms with E-state index in [1.54, 1.807) is 7.05 Å². The SMILES string of the molecule is CN=C(NCC1CCOc2ccccc21)NC1CCC(C(F)(F)F)CC1.I. The van der Waals surface area contributed by atoms with Gasteiger partial charge in [-0.2, -0.15) is 13.2 Å². The Labute approximate surface area is 175 Å². The summed E-state index contributed by atoms with van der Waals surface area (Å²) in [4.78, 5) is 4.23. The lowest BCUT2D eigenvalue weighted by Crippen LogP contribution is -2.46. The first-order valence-corrected chi connectivity index (χ1v) is 9.23. The number of ether oxygens (including phenoxy) is 1. The number of guanidine groups is 1. The number of aliphatic imine (C=N–C) groups is 1. The molecule has 1 aromatic carbocycles. The summed E-state index contributed by atoms with van der Waals surface area (Å²) in [6.07, 6.45) is -1.73. The highest BCUT2D eigenvalue weighted by molar-refractivity contribution is 14.0. The van der Waals surface area contributed by atoms with Gasteiger partial charge >= 0.3 is 6.18 Å². The zero-order valence-corrected chi connectivity index (χ0v) is 17.7. The predicted molar refractivity (Wildman–Crippen MR) is 111 cm³/mol. The summed E-state index contributed by atoms with van der Waals surface area (Å²) in [6, 6.07) is 8.07. The van der Waals surface area contributed by atoms with Crippen LogP contribution >= 0.6 is 24.0 Å². The summed E-state index contributed by atoms with van der Waals surface area (Å²) in [5.41, 5.74) is 1.19. The van der Waals surface area contributed by atoms with Crippen LogP contribution in [-0.2, 0) is 0 Å². The second-order valence-electron chi connectivity index (χ2n) is 7.06. The fourth-order valence-electron chi connectivity index (χ4n) is 3.80. The summed E-state index contributed by atoms with van der Waals surface area (Å²) in [5.74, 6) is 0.761. The molecule has 1 unspecified atom stereocenters. The van der Waals surface area contributed by atoms with Gasteiger partial charge in [-0.05, 0) is 43.7 Å². The number of rotatable bonds is 3. The third-order valence-electron chi connectivity index (χ3n) is 5.35. The highest BCUT2D eigenvalue weighted by Crippen LogP contribution is 2.37. The summed E-state index contributed by atoms with van der Waals surface area (Å²) < 4.78 is 44.0. The fourth-order valence-corrected chi connectivity index (χ4v) is 3.80. The Morgan fingerprint density at radius 3 is 2.52 bits per heavy atom. The number of alkyl halides is 3. The van der Waals surface area contributed by atoms with E-state index < -0.39 is 12.1 Å². The highest BCUT2D eigenvalue weighted by Gasteiger charge is 2.41. The van der Waals surface area contributed by atoms with Gasteiger partial charge in [0, 0.05) is 25.6 Å². The Morgan fingerprint density at radius 2 is 1.85 bits per heavy atom. The number of nitrogens with one attached hydrogen (secondary N) is 2. The van der Waals surface area contributed by atoms with Gasteiger partial charge in [0.2, 0.25) is 0 Å². The lowest BCUT2D eigenvalue weighted by atomic mass is 9.85. The van der Waals surface area contributed by atoms with E-state index in [-0.39, 0.29) is 42.9 Å². The van der Waals surface area contributed by atoms with Crippen molar-refractivity contribution in [3.05, 3.63) is 29.8 Å². The van der Waals surface area contributed by atoms with Gasteiger partial charge in [0.05, 0.1) is 12.5 Å². The van der Waals surface area contributed by atoms with Crippen LogP contribution in [0.25, 0.3) is 0 Å². The number of halogens is 4. The molecule has 4 nitrogen and oxygen atoms in total. The van der Waals surface area contributed by atoms with Crippen molar-refractivity contribution in [2.45, 2.75) is 50.2 Å². The van der Waals surface area contributed by atoms with Crippen molar-refractivity contribution in [1.82, 2.24) is 10.6 Å². The average Bonchev–Trinajstić information content (AvgIpc) is 2.64. The van der Waals surface area contributed by atoms with E-state index in [4.69, 9.17) is 4.74 Å². The lowest BCUT2D eigenvalue weighted by Gasteiger charge is -2.32. The van der Waals surface area contributed by atoms with Crippen LogP contribution in [0.5, 0.6) is 5.75 Å². The monoisotopic (exact) mass is 497 g/mol. The maximum atomic E-state index is 12.8. The quantitative estimate of drug-likeness (QED) is 0.369. The number of benzene rings is 1. The Morgan fingerprint density at radius 1 is 1.15 bits per heavy atom. The van der Waals surface area contributed by atoms with Gasteiger partial charge in [-0.3, -0.25) is 4.99 Å². The zero-order valence-electron chi connectivity index (χ0n) is 15.4. The van der Waals surface area contributed by atoms with Crippen LogP contribution in [0, 0.1) is 5.92 Å². The Balaban J connectivity index is 0.00000261. The number of hydrogen-bond donors (Lipinski definition) is 2. The van der Waals surface area contributed by atoms with Crippen molar-refractivity contribution >= 4 is 29.9 Å². The molecule has 3 rings (SSSR count). The smallest absolute Gasteiger partial charge is 0.391 e. The van der Waals surface area contributed by atoms with Gasteiger partial charge in [-0.1, -0.05) is 18.2 Å². The molecule has 0 aromatic heterocycles. The third kappa shape index (κ3) is 5.89. The molecule has 1 aliphatic heterocycles. The molecular formula is C19H27F3IN3O. The van der Waals surface area contributed by atoms with Gasteiger partial charge in [0.25, 0.3) is 0 Å². The lowest BCUT2D eigenvalue weighted by molar-refractivity contribution is -0.182. The Hall–Kier alpha value is -1.19. The van der Waals surface area contributed by atoms with E-state index in [0.717, 1.165) is 18.7 Å². The first-order chi connectivity index (χ1) is 12.5. The maximum absolute atomic E-state index is 12.8. The zero-order chi connectivity index (χ0) is 18.6. The van der Waals surface area contributed by atoms with Crippen LogP contribution in [0.15, 0.2) is 29.3 Å². The molecule has 8 heteroatoms. The highest BCUT2D eigenvalue weighted by atomic mass is 127. The van der Waals surface area contributed by atoms with Crippen molar-refractivity contribution in [3.63, 3.8) is 0 Å². The van der Waals surface area contributed by atoms with Crippen LogP contribution < -0.4 is 15.4 Å². The average molecular weight is 497 g/mol. The van der Waals surface area contributed by atoms with E-state index in [1.807, 2.05) is 18.2 Å². The van der Waals surface area contributed by atoms with Crippen molar-refractivity contribution in [2.75, 3.05) is 20.2 Å².